The van der Waals surface area contributed by atoms with E-state index in [-0.39, 0.29) is 11.4 Å². The second kappa shape index (κ2) is 9.95. The van der Waals surface area contributed by atoms with Crippen LogP contribution < -0.4 is 9.47 Å². The summed E-state index contributed by atoms with van der Waals surface area (Å²) in [7, 11) is 0. The number of nitrogens with one attached hydrogen (secondary N) is 1. The molecule has 2 aromatic rings. The van der Waals surface area contributed by atoms with E-state index in [4.69, 9.17) is 14.9 Å². The lowest BCUT2D eigenvalue weighted by molar-refractivity contribution is -0.114. The number of aliphatic imine (C=N–C) groups is 1. The maximum absolute atomic E-state index is 12.8. The number of benzene rings is 2. The fourth-order valence-electron chi connectivity index (χ4n) is 4.15. The van der Waals surface area contributed by atoms with E-state index in [1.54, 1.807) is 6.08 Å². The molecule has 0 aromatic heterocycles. The van der Waals surface area contributed by atoms with E-state index < -0.39 is 5.91 Å². The Kier molecular flexibility index (Phi) is 6.59. The van der Waals surface area contributed by atoms with E-state index in [0.717, 1.165) is 42.2 Å². The second-order valence-corrected chi connectivity index (χ2v) is 9.45. The van der Waals surface area contributed by atoms with Crippen LogP contribution in [0.4, 0.5) is 0 Å². The normalized spacial score (nSPS) is 18.6. The number of hydrazone groups is 1. The number of amides is 1. The summed E-state index contributed by atoms with van der Waals surface area (Å²) >= 11 is 1.35. The Morgan fingerprint density at radius 2 is 1.91 bits per heavy atom. The summed E-state index contributed by atoms with van der Waals surface area (Å²) in [5.41, 5.74) is 3.16. The molecule has 1 N–H and O–H groups in total. The maximum Gasteiger partial charge on any atom is 0.283 e. The molecule has 3 heterocycles. The molecule has 3 aliphatic heterocycles. The van der Waals surface area contributed by atoms with Crippen molar-refractivity contribution in [3.8, 4) is 11.5 Å². The van der Waals surface area contributed by atoms with Gasteiger partial charge in [-0.3, -0.25) is 10.2 Å². The van der Waals surface area contributed by atoms with Gasteiger partial charge in [0.25, 0.3) is 5.91 Å². The van der Waals surface area contributed by atoms with Crippen LogP contribution in [-0.4, -0.2) is 51.7 Å². The van der Waals surface area contributed by atoms with Gasteiger partial charge in [0, 0.05) is 13.1 Å². The Labute approximate surface area is 208 Å². The van der Waals surface area contributed by atoms with E-state index in [9.17, 15) is 4.79 Å². The lowest BCUT2D eigenvalue weighted by atomic mass is 10.1. The molecule has 1 amide bonds. The van der Waals surface area contributed by atoms with Crippen molar-refractivity contribution in [2.75, 3.05) is 19.7 Å². The molecule has 8 nitrogen and oxygen atoms in total. The van der Waals surface area contributed by atoms with Gasteiger partial charge in [-0.05, 0) is 67.8 Å². The summed E-state index contributed by atoms with van der Waals surface area (Å²) in [4.78, 5) is 19.2. The van der Waals surface area contributed by atoms with Crippen LogP contribution in [0.25, 0.3) is 6.08 Å². The summed E-state index contributed by atoms with van der Waals surface area (Å²) in [6, 6.07) is 13.7. The van der Waals surface area contributed by atoms with Crippen molar-refractivity contribution in [2.24, 2.45) is 10.1 Å². The van der Waals surface area contributed by atoms with Crippen molar-refractivity contribution in [3.05, 3.63) is 64.7 Å². The molecule has 1 saturated heterocycles. The summed E-state index contributed by atoms with van der Waals surface area (Å²) in [5.74, 6) is 0.792. The van der Waals surface area contributed by atoms with Crippen LogP contribution in [-0.2, 0) is 11.4 Å². The van der Waals surface area contributed by atoms with E-state index >= 15 is 0 Å². The molecule has 9 heteroatoms. The van der Waals surface area contributed by atoms with Crippen LogP contribution in [0, 0.1) is 12.3 Å². The van der Waals surface area contributed by atoms with Crippen LogP contribution in [0.3, 0.4) is 0 Å². The Bertz CT molecular complexity index is 1260. The van der Waals surface area contributed by atoms with Crippen LogP contribution in [0.1, 0.15) is 36.5 Å². The van der Waals surface area contributed by atoms with Crippen molar-refractivity contribution in [2.45, 2.75) is 33.3 Å². The Hall–Kier alpha value is -3.59. The predicted molar refractivity (Wildman–Crippen MR) is 139 cm³/mol. The summed E-state index contributed by atoms with van der Waals surface area (Å²) in [6.07, 6.45) is 3.91. The van der Waals surface area contributed by atoms with Gasteiger partial charge in [0.1, 0.15) is 6.61 Å². The molecule has 1 fully saturated rings. The molecule has 0 atom stereocenters. The number of likely N-dealkylation sites (tertiary alicyclic amines) is 1. The number of aryl methyl sites for hydroxylation is 1. The van der Waals surface area contributed by atoms with Crippen molar-refractivity contribution in [1.29, 1.82) is 5.41 Å². The monoisotopic (exact) mass is 489 g/mol. The van der Waals surface area contributed by atoms with Crippen molar-refractivity contribution in [1.82, 2.24) is 9.91 Å². The zero-order valence-corrected chi connectivity index (χ0v) is 20.6. The van der Waals surface area contributed by atoms with Crippen molar-refractivity contribution in [3.63, 3.8) is 0 Å². The molecule has 180 valence electrons. The van der Waals surface area contributed by atoms with Gasteiger partial charge in [-0.1, -0.05) is 35.9 Å². The highest BCUT2D eigenvalue weighted by Gasteiger charge is 2.37. The van der Waals surface area contributed by atoms with Crippen LogP contribution in [0.15, 0.2) is 58.1 Å². The van der Waals surface area contributed by atoms with E-state index in [2.05, 4.69) is 21.1 Å². The first-order valence-electron chi connectivity index (χ1n) is 11.7. The minimum atomic E-state index is -0.440. The van der Waals surface area contributed by atoms with Gasteiger partial charge in [0.15, 0.2) is 22.5 Å². The van der Waals surface area contributed by atoms with Gasteiger partial charge < -0.3 is 14.4 Å². The zero-order valence-electron chi connectivity index (χ0n) is 19.8. The highest BCUT2D eigenvalue weighted by atomic mass is 32.2. The Balaban J connectivity index is 1.37. The first-order valence-corrected chi connectivity index (χ1v) is 12.5. The fourth-order valence-corrected chi connectivity index (χ4v) is 5.09. The standard InChI is InChI=1S/C26H27N5O3S/c1-3-33-22-15-18(9-10-21(22)34-16-19-8-6-7-17(2)13-19)14-20-23(27)31-25(28-24(20)32)35-26(29-31)30-11-4-5-12-30/h6-10,13-15,27H,3-5,11-12,16H2,1-2H3/b20-14+,27-23?. The molecular formula is C26H27N5O3S. The molecule has 3 aliphatic rings. The van der Waals surface area contributed by atoms with Gasteiger partial charge in [-0.15, -0.1) is 5.10 Å². The average molecular weight is 490 g/mol. The maximum atomic E-state index is 12.8. The van der Waals surface area contributed by atoms with Crippen LogP contribution >= 0.6 is 11.8 Å². The number of ether oxygens (including phenoxy) is 2. The Morgan fingerprint density at radius 3 is 2.69 bits per heavy atom. The molecular weight excluding hydrogens is 462 g/mol. The minimum Gasteiger partial charge on any atom is -0.490 e. The molecule has 5 rings (SSSR count). The quantitative estimate of drug-likeness (QED) is 0.595. The molecule has 2 aromatic carbocycles. The number of rotatable bonds is 6. The topological polar surface area (TPSA) is 90.6 Å². The largest absolute Gasteiger partial charge is 0.490 e. The molecule has 0 aliphatic carbocycles. The second-order valence-electron chi connectivity index (χ2n) is 8.51. The summed E-state index contributed by atoms with van der Waals surface area (Å²) < 4.78 is 11.8. The van der Waals surface area contributed by atoms with Gasteiger partial charge in [-0.2, -0.15) is 10.0 Å². The molecule has 0 radical (unpaired) electrons. The number of hydrogen-bond acceptors (Lipinski definition) is 7. The smallest absolute Gasteiger partial charge is 0.283 e. The van der Waals surface area contributed by atoms with Crippen LogP contribution in [0.5, 0.6) is 11.5 Å². The first kappa shape index (κ1) is 23.2. The third kappa shape index (κ3) is 4.95. The number of carbonyl (C=O) groups excluding carboxylic acids is 1. The Morgan fingerprint density at radius 1 is 1.09 bits per heavy atom. The number of amidine groups is 3. The van der Waals surface area contributed by atoms with Crippen molar-refractivity contribution >= 4 is 39.9 Å². The molecule has 0 unspecified atom stereocenters. The summed E-state index contributed by atoms with van der Waals surface area (Å²) in [6.45, 7) is 6.74. The lowest BCUT2D eigenvalue weighted by Crippen LogP contribution is -2.35. The minimum absolute atomic E-state index is 0.0273. The predicted octanol–water partition coefficient (Wildman–Crippen LogP) is 4.65. The average Bonchev–Trinajstić information content (AvgIpc) is 3.52. The lowest BCUT2D eigenvalue weighted by Gasteiger charge is -2.20. The molecule has 0 saturated carbocycles. The number of hydrogen-bond donors (Lipinski definition) is 1. The van der Waals surface area contributed by atoms with Gasteiger partial charge >= 0.3 is 0 Å². The molecule has 35 heavy (non-hydrogen) atoms. The number of nitrogens with zero attached hydrogens (tertiary/aromatic N) is 4. The van der Waals surface area contributed by atoms with Gasteiger partial charge in [0.05, 0.1) is 12.2 Å². The summed E-state index contributed by atoms with van der Waals surface area (Å²) in [5, 5.41) is 15.9. The van der Waals surface area contributed by atoms with E-state index in [1.165, 1.54) is 22.3 Å². The number of fused-ring (bicyclic) bond motifs is 1. The van der Waals surface area contributed by atoms with Gasteiger partial charge in [0.2, 0.25) is 5.17 Å². The SMILES string of the molecule is CCOc1cc(/C=C2\C(=N)N3N=C(N4CCCC4)SC3=NC2=O)ccc1OCc1cccc(C)c1. The fraction of sp³-hybridized carbons (Fsp3) is 0.308. The molecule has 0 bridgehead atoms. The third-order valence-electron chi connectivity index (χ3n) is 5.88. The number of thioether (sulfide) groups is 1. The number of carbonyl (C=O) groups is 1. The molecule has 0 spiro atoms. The highest BCUT2D eigenvalue weighted by Crippen LogP contribution is 2.33. The zero-order chi connectivity index (χ0) is 24.4. The van der Waals surface area contributed by atoms with Gasteiger partial charge in [-0.25, -0.2) is 0 Å². The first-order chi connectivity index (χ1) is 17.0. The highest BCUT2D eigenvalue weighted by molar-refractivity contribution is 8.26. The van der Waals surface area contributed by atoms with E-state index in [1.807, 2.05) is 50.2 Å². The third-order valence-corrected chi connectivity index (χ3v) is 6.85. The van der Waals surface area contributed by atoms with Crippen molar-refractivity contribution < 1.29 is 14.3 Å². The van der Waals surface area contributed by atoms with E-state index in [0.29, 0.717) is 29.9 Å². The van der Waals surface area contributed by atoms with Crippen LogP contribution in [0.2, 0.25) is 0 Å².